The molecule has 0 aromatic rings. The van der Waals surface area contributed by atoms with Crippen molar-refractivity contribution in [3.63, 3.8) is 0 Å². The van der Waals surface area contributed by atoms with Crippen molar-refractivity contribution in [2.45, 2.75) is 26.3 Å². The van der Waals surface area contributed by atoms with Crippen molar-refractivity contribution in [1.82, 2.24) is 4.90 Å². The van der Waals surface area contributed by atoms with Crippen LogP contribution < -0.4 is 0 Å². The third kappa shape index (κ3) is 1.71. The van der Waals surface area contributed by atoms with Gasteiger partial charge in [-0.2, -0.15) is 0 Å². The zero-order valence-corrected chi connectivity index (χ0v) is 7.41. The van der Waals surface area contributed by atoms with Gasteiger partial charge in [-0.25, -0.2) is 0 Å². The standard InChI is InChI=1S/C8H16N2O/c1-6-5-10(3)7(2)4-8(6)9-11/h6-7,11H,4-5H2,1-3H3. The normalized spacial score (nSPS) is 37.9. The second-order valence-electron chi connectivity index (χ2n) is 3.49. The zero-order chi connectivity index (χ0) is 8.43. The van der Waals surface area contributed by atoms with Gasteiger partial charge < -0.3 is 10.1 Å². The number of likely N-dealkylation sites (tertiary alicyclic amines) is 1. The molecule has 1 aliphatic rings. The third-order valence-corrected chi connectivity index (χ3v) is 2.52. The molecular weight excluding hydrogens is 140 g/mol. The Balaban J connectivity index is 2.62. The van der Waals surface area contributed by atoms with Gasteiger partial charge in [0.25, 0.3) is 0 Å². The van der Waals surface area contributed by atoms with Crippen molar-refractivity contribution >= 4 is 5.71 Å². The molecule has 11 heavy (non-hydrogen) atoms. The van der Waals surface area contributed by atoms with Gasteiger partial charge in [0.1, 0.15) is 0 Å². The van der Waals surface area contributed by atoms with E-state index in [4.69, 9.17) is 5.21 Å². The predicted molar refractivity (Wildman–Crippen MR) is 45.1 cm³/mol. The Morgan fingerprint density at radius 3 is 2.73 bits per heavy atom. The van der Waals surface area contributed by atoms with E-state index in [0.29, 0.717) is 12.0 Å². The minimum absolute atomic E-state index is 0.404. The molecule has 0 aromatic carbocycles. The maximum Gasteiger partial charge on any atom is 0.0627 e. The maximum absolute atomic E-state index is 8.63. The average molecular weight is 156 g/mol. The van der Waals surface area contributed by atoms with Crippen LogP contribution in [0.4, 0.5) is 0 Å². The number of oxime groups is 1. The van der Waals surface area contributed by atoms with Gasteiger partial charge in [0.05, 0.1) is 5.71 Å². The lowest BCUT2D eigenvalue weighted by molar-refractivity contribution is 0.216. The predicted octanol–water partition coefficient (Wildman–Crippen LogP) is 1.18. The second kappa shape index (κ2) is 3.22. The molecule has 3 nitrogen and oxygen atoms in total. The van der Waals surface area contributed by atoms with Crippen molar-refractivity contribution < 1.29 is 5.21 Å². The third-order valence-electron chi connectivity index (χ3n) is 2.52. The molecular formula is C8H16N2O. The summed E-state index contributed by atoms with van der Waals surface area (Å²) in [5.41, 5.74) is 0.940. The molecule has 2 unspecified atom stereocenters. The molecule has 0 spiro atoms. The van der Waals surface area contributed by atoms with Gasteiger partial charge in [0.15, 0.2) is 0 Å². The molecule has 2 atom stereocenters. The lowest BCUT2D eigenvalue weighted by Crippen LogP contribution is -2.42. The molecule has 3 heteroatoms. The van der Waals surface area contributed by atoms with E-state index in [0.717, 1.165) is 18.7 Å². The van der Waals surface area contributed by atoms with E-state index in [2.05, 4.69) is 31.0 Å². The molecule has 1 aliphatic heterocycles. The summed E-state index contributed by atoms with van der Waals surface area (Å²) in [6, 6.07) is 0.511. The molecule has 0 aliphatic carbocycles. The molecule has 1 fully saturated rings. The van der Waals surface area contributed by atoms with Crippen LogP contribution in [0, 0.1) is 5.92 Å². The zero-order valence-electron chi connectivity index (χ0n) is 7.41. The smallest absolute Gasteiger partial charge is 0.0627 e. The van der Waals surface area contributed by atoms with Gasteiger partial charge >= 0.3 is 0 Å². The van der Waals surface area contributed by atoms with Crippen molar-refractivity contribution in [3.05, 3.63) is 0 Å². The number of rotatable bonds is 0. The van der Waals surface area contributed by atoms with E-state index in [1.165, 1.54) is 0 Å². The number of piperidine rings is 1. The van der Waals surface area contributed by atoms with Gasteiger partial charge in [-0.1, -0.05) is 12.1 Å². The van der Waals surface area contributed by atoms with E-state index in [1.54, 1.807) is 0 Å². The highest BCUT2D eigenvalue weighted by atomic mass is 16.4. The first-order valence-corrected chi connectivity index (χ1v) is 4.06. The SMILES string of the molecule is CC1CN(C)C(C)CC1=NO. The van der Waals surface area contributed by atoms with E-state index in [1.807, 2.05) is 0 Å². The second-order valence-corrected chi connectivity index (χ2v) is 3.49. The Kier molecular flexibility index (Phi) is 2.49. The van der Waals surface area contributed by atoms with Crippen molar-refractivity contribution in [1.29, 1.82) is 0 Å². The lowest BCUT2D eigenvalue weighted by atomic mass is 9.93. The van der Waals surface area contributed by atoms with Crippen LogP contribution in [0.2, 0.25) is 0 Å². The minimum Gasteiger partial charge on any atom is -0.411 e. The van der Waals surface area contributed by atoms with Crippen LogP contribution in [0.5, 0.6) is 0 Å². The van der Waals surface area contributed by atoms with E-state index in [9.17, 15) is 0 Å². The average Bonchev–Trinajstić information content (AvgIpc) is 1.97. The Morgan fingerprint density at radius 2 is 2.18 bits per heavy atom. The summed E-state index contributed by atoms with van der Waals surface area (Å²) in [6.45, 7) is 5.25. The highest BCUT2D eigenvalue weighted by Crippen LogP contribution is 2.17. The molecule has 0 aromatic heterocycles. The van der Waals surface area contributed by atoms with Gasteiger partial charge in [0, 0.05) is 24.9 Å². The van der Waals surface area contributed by atoms with Crippen LogP contribution in [0.15, 0.2) is 5.16 Å². The molecule has 1 saturated heterocycles. The fourth-order valence-corrected chi connectivity index (χ4v) is 1.52. The molecule has 0 saturated carbocycles. The van der Waals surface area contributed by atoms with Crippen molar-refractivity contribution in [2.75, 3.05) is 13.6 Å². The highest BCUT2D eigenvalue weighted by molar-refractivity contribution is 5.87. The Morgan fingerprint density at radius 1 is 1.55 bits per heavy atom. The Hall–Kier alpha value is -0.570. The van der Waals surface area contributed by atoms with Gasteiger partial charge in [-0.15, -0.1) is 0 Å². The van der Waals surface area contributed by atoms with Gasteiger partial charge in [-0.3, -0.25) is 0 Å². The number of hydrogen-bond donors (Lipinski definition) is 1. The van der Waals surface area contributed by atoms with Crippen LogP contribution in [-0.2, 0) is 0 Å². The first-order chi connectivity index (χ1) is 5.15. The van der Waals surface area contributed by atoms with Crippen LogP contribution in [0.3, 0.4) is 0 Å². The van der Waals surface area contributed by atoms with Gasteiger partial charge in [0.2, 0.25) is 0 Å². The Bertz CT molecular complexity index is 167. The monoisotopic (exact) mass is 156 g/mol. The maximum atomic E-state index is 8.63. The van der Waals surface area contributed by atoms with Crippen molar-refractivity contribution in [2.24, 2.45) is 11.1 Å². The van der Waals surface area contributed by atoms with Crippen LogP contribution >= 0.6 is 0 Å². The van der Waals surface area contributed by atoms with Crippen LogP contribution in [0.25, 0.3) is 0 Å². The molecule has 0 amide bonds. The molecule has 64 valence electrons. The first kappa shape index (κ1) is 8.53. The van der Waals surface area contributed by atoms with E-state index >= 15 is 0 Å². The van der Waals surface area contributed by atoms with Crippen molar-refractivity contribution in [3.8, 4) is 0 Å². The topological polar surface area (TPSA) is 35.8 Å². The van der Waals surface area contributed by atoms with E-state index in [-0.39, 0.29) is 0 Å². The summed E-state index contributed by atoms with van der Waals surface area (Å²) in [7, 11) is 2.11. The highest BCUT2D eigenvalue weighted by Gasteiger charge is 2.25. The summed E-state index contributed by atoms with van der Waals surface area (Å²) >= 11 is 0. The Labute approximate surface area is 67.7 Å². The van der Waals surface area contributed by atoms with Crippen LogP contribution in [-0.4, -0.2) is 35.5 Å². The van der Waals surface area contributed by atoms with E-state index < -0.39 is 0 Å². The molecule has 1 heterocycles. The molecule has 0 radical (unpaired) electrons. The lowest BCUT2D eigenvalue weighted by Gasteiger charge is -2.33. The fourth-order valence-electron chi connectivity index (χ4n) is 1.52. The summed E-state index contributed by atoms with van der Waals surface area (Å²) in [5, 5.41) is 11.9. The molecule has 1 rings (SSSR count). The molecule has 1 N–H and O–H groups in total. The summed E-state index contributed by atoms with van der Waals surface area (Å²) < 4.78 is 0. The largest absolute Gasteiger partial charge is 0.411 e. The summed E-state index contributed by atoms with van der Waals surface area (Å²) in [6.07, 6.45) is 0.897. The summed E-state index contributed by atoms with van der Waals surface area (Å²) in [4.78, 5) is 2.29. The fraction of sp³-hybridized carbons (Fsp3) is 0.875. The number of hydrogen-bond acceptors (Lipinski definition) is 3. The molecule has 0 bridgehead atoms. The quantitative estimate of drug-likeness (QED) is 0.422. The minimum atomic E-state index is 0.404. The number of nitrogens with zero attached hydrogens (tertiary/aromatic N) is 2. The first-order valence-electron chi connectivity index (χ1n) is 4.06. The summed E-state index contributed by atoms with van der Waals surface area (Å²) in [5.74, 6) is 0.404. The van der Waals surface area contributed by atoms with Gasteiger partial charge in [-0.05, 0) is 14.0 Å². The van der Waals surface area contributed by atoms with Crippen LogP contribution in [0.1, 0.15) is 20.3 Å².